The van der Waals surface area contributed by atoms with Gasteiger partial charge in [0.15, 0.2) is 5.96 Å². The van der Waals surface area contributed by atoms with Crippen LogP contribution in [0.2, 0.25) is 0 Å². The molecular weight excluding hydrogens is 374 g/mol. The lowest BCUT2D eigenvalue weighted by Gasteiger charge is -2.24. The van der Waals surface area contributed by atoms with Crippen molar-refractivity contribution in [2.24, 2.45) is 4.99 Å². The number of guanidine groups is 1. The van der Waals surface area contributed by atoms with E-state index in [1.807, 2.05) is 37.8 Å². The molecule has 1 fully saturated rings. The number of amides is 2. The summed E-state index contributed by atoms with van der Waals surface area (Å²) in [7, 11) is 3.41. The number of aliphatic imine (C=N–C) groups is 1. The summed E-state index contributed by atoms with van der Waals surface area (Å²) >= 11 is 0. The van der Waals surface area contributed by atoms with Crippen molar-refractivity contribution in [1.82, 2.24) is 20.4 Å². The standard InChI is InChI=1S/C20H33N5O4/c1-20(2,3)29-19(27)23-15-9-11-25(14-15)18(22-13-17(26)24(4)5)21-10-8-16-7-6-12-28-16/h6-7,12,15H,8-11,13-14H2,1-5H3,(H,21,22)(H,23,27). The van der Waals surface area contributed by atoms with Crippen LogP contribution in [0, 0.1) is 0 Å². The van der Waals surface area contributed by atoms with Crippen LogP contribution in [0.4, 0.5) is 4.79 Å². The summed E-state index contributed by atoms with van der Waals surface area (Å²) < 4.78 is 10.7. The molecule has 9 heteroatoms. The van der Waals surface area contributed by atoms with E-state index in [1.165, 1.54) is 4.90 Å². The fourth-order valence-corrected chi connectivity index (χ4v) is 2.85. The first-order valence-corrected chi connectivity index (χ1v) is 9.89. The van der Waals surface area contributed by atoms with Crippen LogP contribution in [0.25, 0.3) is 0 Å². The summed E-state index contributed by atoms with van der Waals surface area (Å²) in [6.07, 6.45) is 2.71. The van der Waals surface area contributed by atoms with Gasteiger partial charge < -0.3 is 29.6 Å². The van der Waals surface area contributed by atoms with Crippen molar-refractivity contribution < 1.29 is 18.7 Å². The highest BCUT2D eigenvalue weighted by Crippen LogP contribution is 2.12. The molecule has 0 aromatic carbocycles. The number of alkyl carbamates (subject to hydrolysis) is 1. The zero-order valence-electron chi connectivity index (χ0n) is 18.0. The van der Waals surface area contributed by atoms with Crippen LogP contribution < -0.4 is 10.6 Å². The number of likely N-dealkylation sites (N-methyl/N-ethyl adjacent to an activating group) is 1. The number of likely N-dealkylation sites (tertiary alicyclic amines) is 1. The normalized spacial score (nSPS) is 17.2. The van der Waals surface area contributed by atoms with E-state index >= 15 is 0 Å². The Hall–Kier alpha value is -2.71. The number of furan rings is 1. The lowest BCUT2D eigenvalue weighted by atomic mass is 10.2. The van der Waals surface area contributed by atoms with Gasteiger partial charge in [-0.2, -0.15) is 0 Å². The third-order valence-electron chi connectivity index (χ3n) is 4.31. The van der Waals surface area contributed by atoms with Gasteiger partial charge in [-0.3, -0.25) is 4.79 Å². The number of rotatable bonds is 6. The lowest BCUT2D eigenvalue weighted by Crippen LogP contribution is -2.45. The minimum absolute atomic E-state index is 0.0357. The molecule has 1 aromatic heterocycles. The van der Waals surface area contributed by atoms with E-state index in [0.717, 1.165) is 18.7 Å². The Labute approximate surface area is 172 Å². The van der Waals surface area contributed by atoms with E-state index in [0.29, 0.717) is 25.5 Å². The quantitative estimate of drug-likeness (QED) is 0.547. The minimum atomic E-state index is -0.533. The molecule has 0 spiro atoms. The second-order valence-corrected chi connectivity index (χ2v) is 8.26. The van der Waals surface area contributed by atoms with Gasteiger partial charge in [-0.15, -0.1) is 0 Å². The maximum Gasteiger partial charge on any atom is 0.407 e. The molecule has 2 heterocycles. The van der Waals surface area contributed by atoms with Crippen LogP contribution in [-0.2, 0) is 16.0 Å². The predicted octanol–water partition coefficient (Wildman–Crippen LogP) is 1.45. The number of carbonyl (C=O) groups excluding carboxylic acids is 2. The van der Waals surface area contributed by atoms with Crippen LogP contribution in [0.3, 0.4) is 0 Å². The molecule has 0 saturated carbocycles. The molecule has 1 aliphatic heterocycles. The summed E-state index contributed by atoms with van der Waals surface area (Å²) in [5.41, 5.74) is -0.533. The van der Waals surface area contributed by atoms with Gasteiger partial charge in [-0.25, -0.2) is 9.79 Å². The Morgan fingerprint density at radius 1 is 1.38 bits per heavy atom. The first-order chi connectivity index (χ1) is 13.6. The average molecular weight is 408 g/mol. The molecule has 1 aromatic rings. The maximum absolute atomic E-state index is 12.0. The Bertz CT molecular complexity index is 694. The molecule has 9 nitrogen and oxygen atoms in total. The minimum Gasteiger partial charge on any atom is -0.469 e. The highest BCUT2D eigenvalue weighted by atomic mass is 16.6. The van der Waals surface area contributed by atoms with E-state index in [-0.39, 0.29) is 18.5 Å². The molecule has 1 saturated heterocycles. The molecule has 1 atom stereocenters. The van der Waals surface area contributed by atoms with Crippen LogP contribution in [-0.4, -0.2) is 79.7 Å². The fourth-order valence-electron chi connectivity index (χ4n) is 2.85. The molecule has 0 bridgehead atoms. The molecule has 1 aliphatic rings. The van der Waals surface area contributed by atoms with Gasteiger partial charge in [0.25, 0.3) is 0 Å². The topological polar surface area (TPSA) is 99.4 Å². The molecule has 0 aliphatic carbocycles. The van der Waals surface area contributed by atoms with Crippen molar-refractivity contribution in [2.75, 3.05) is 40.3 Å². The van der Waals surface area contributed by atoms with Gasteiger partial charge in [-0.1, -0.05) is 0 Å². The molecule has 2 N–H and O–H groups in total. The highest BCUT2D eigenvalue weighted by Gasteiger charge is 2.28. The van der Waals surface area contributed by atoms with Gasteiger partial charge >= 0.3 is 6.09 Å². The first-order valence-electron chi connectivity index (χ1n) is 9.89. The Kier molecular flexibility index (Phi) is 7.92. The number of hydrogen-bond acceptors (Lipinski definition) is 5. The Morgan fingerprint density at radius 2 is 2.14 bits per heavy atom. The molecule has 0 radical (unpaired) electrons. The zero-order valence-corrected chi connectivity index (χ0v) is 18.0. The first kappa shape index (κ1) is 22.6. The smallest absolute Gasteiger partial charge is 0.407 e. The molecule has 1 unspecified atom stereocenters. The number of nitrogens with zero attached hydrogens (tertiary/aromatic N) is 3. The van der Waals surface area contributed by atoms with Crippen LogP contribution >= 0.6 is 0 Å². The number of nitrogens with one attached hydrogen (secondary N) is 2. The monoisotopic (exact) mass is 407 g/mol. The third-order valence-corrected chi connectivity index (χ3v) is 4.31. The Morgan fingerprint density at radius 3 is 2.76 bits per heavy atom. The van der Waals surface area contributed by atoms with Crippen molar-refractivity contribution in [3.8, 4) is 0 Å². The van der Waals surface area contributed by atoms with Gasteiger partial charge in [0.05, 0.1) is 12.3 Å². The van der Waals surface area contributed by atoms with Gasteiger partial charge in [-0.05, 0) is 39.3 Å². The second kappa shape index (κ2) is 10.2. The van der Waals surface area contributed by atoms with Crippen molar-refractivity contribution in [3.63, 3.8) is 0 Å². The van der Waals surface area contributed by atoms with Gasteiger partial charge in [0.2, 0.25) is 5.91 Å². The summed E-state index contributed by atoms with van der Waals surface area (Å²) in [5, 5.41) is 6.21. The molecule has 2 rings (SSSR count). The highest BCUT2D eigenvalue weighted by molar-refractivity contribution is 5.85. The van der Waals surface area contributed by atoms with E-state index < -0.39 is 11.7 Å². The molecule has 162 valence electrons. The molecular formula is C20H33N5O4. The van der Waals surface area contributed by atoms with Crippen molar-refractivity contribution in [3.05, 3.63) is 24.2 Å². The van der Waals surface area contributed by atoms with E-state index in [4.69, 9.17) is 9.15 Å². The third kappa shape index (κ3) is 8.05. The summed E-state index contributed by atoms with van der Waals surface area (Å²) in [4.78, 5) is 32.0. The summed E-state index contributed by atoms with van der Waals surface area (Å²) in [5.74, 6) is 1.46. The average Bonchev–Trinajstić information content (AvgIpc) is 3.27. The van der Waals surface area contributed by atoms with E-state index in [9.17, 15) is 9.59 Å². The largest absolute Gasteiger partial charge is 0.469 e. The zero-order chi connectivity index (χ0) is 21.4. The predicted molar refractivity (Wildman–Crippen MR) is 111 cm³/mol. The Balaban J connectivity index is 1.93. The van der Waals surface area contributed by atoms with E-state index in [2.05, 4.69) is 15.6 Å². The van der Waals surface area contributed by atoms with Crippen molar-refractivity contribution in [1.29, 1.82) is 0 Å². The molecule has 29 heavy (non-hydrogen) atoms. The van der Waals surface area contributed by atoms with Crippen molar-refractivity contribution in [2.45, 2.75) is 45.3 Å². The number of ether oxygens (including phenoxy) is 1. The summed E-state index contributed by atoms with van der Waals surface area (Å²) in [6, 6.07) is 3.74. The van der Waals surface area contributed by atoms with Crippen LogP contribution in [0.1, 0.15) is 33.0 Å². The van der Waals surface area contributed by atoms with Gasteiger partial charge in [0.1, 0.15) is 17.9 Å². The lowest BCUT2D eigenvalue weighted by molar-refractivity contribution is -0.127. The number of carbonyl (C=O) groups is 2. The molecule has 2 amide bonds. The SMILES string of the molecule is CN(C)C(=O)CN=C(NCCc1ccco1)N1CCC(NC(=O)OC(C)(C)C)C1. The fraction of sp³-hybridized carbons (Fsp3) is 0.650. The number of hydrogen-bond donors (Lipinski definition) is 2. The second-order valence-electron chi connectivity index (χ2n) is 8.26. The van der Waals surface area contributed by atoms with Crippen LogP contribution in [0.5, 0.6) is 0 Å². The summed E-state index contributed by atoms with van der Waals surface area (Å²) in [6.45, 7) is 7.53. The van der Waals surface area contributed by atoms with Crippen LogP contribution in [0.15, 0.2) is 27.8 Å². The van der Waals surface area contributed by atoms with Gasteiger partial charge in [0, 0.05) is 40.2 Å². The van der Waals surface area contributed by atoms with Crippen molar-refractivity contribution >= 4 is 18.0 Å². The van der Waals surface area contributed by atoms with E-state index in [1.54, 1.807) is 20.4 Å². The maximum atomic E-state index is 12.0.